The molecule has 3 nitrogen and oxygen atoms in total. The average Bonchev–Trinajstić information content (AvgIpc) is 2.20. The van der Waals surface area contributed by atoms with Crippen LogP contribution in [0.5, 0.6) is 0 Å². The van der Waals surface area contributed by atoms with E-state index in [1.807, 2.05) is 13.8 Å². The first-order valence-electron chi connectivity index (χ1n) is 5.25. The summed E-state index contributed by atoms with van der Waals surface area (Å²) in [4.78, 5) is 13.0. The van der Waals surface area contributed by atoms with Crippen LogP contribution in [-0.2, 0) is 6.54 Å². The Morgan fingerprint density at radius 3 is 2.62 bits per heavy atom. The van der Waals surface area contributed by atoms with Gasteiger partial charge in [0.25, 0.3) is 0 Å². The number of hydrogen-bond donors (Lipinski definition) is 1. The number of halogens is 1. The summed E-state index contributed by atoms with van der Waals surface area (Å²) in [6, 6.07) is 6.34. The zero-order valence-corrected chi connectivity index (χ0v) is 9.83. The van der Waals surface area contributed by atoms with Crippen LogP contribution in [0.4, 0.5) is 9.18 Å². The van der Waals surface area contributed by atoms with Crippen LogP contribution in [0.1, 0.15) is 19.4 Å². The molecule has 0 aliphatic rings. The Morgan fingerprint density at radius 2 is 2.06 bits per heavy atom. The molecule has 1 aromatic carbocycles. The fourth-order valence-electron chi connectivity index (χ4n) is 1.31. The van der Waals surface area contributed by atoms with E-state index >= 15 is 0 Å². The highest BCUT2D eigenvalue weighted by Gasteiger charge is 2.11. The Hall–Kier alpha value is -1.58. The van der Waals surface area contributed by atoms with E-state index in [4.69, 9.17) is 0 Å². The normalized spacial score (nSPS) is 10.3. The van der Waals surface area contributed by atoms with Crippen LogP contribution in [0.25, 0.3) is 0 Å². The van der Waals surface area contributed by atoms with Crippen molar-refractivity contribution < 1.29 is 9.18 Å². The van der Waals surface area contributed by atoms with Crippen molar-refractivity contribution in [2.75, 3.05) is 7.05 Å². The Balaban J connectivity index is 2.61. The minimum atomic E-state index is -0.285. The molecule has 1 aromatic rings. The number of nitrogens with one attached hydrogen (secondary N) is 1. The Labute approximate surface area is 95.3 Å². The van der Waals surface area contributed by atoms with Gasteiger partial charge < -0.3 is 10.2 Å². The van der Waals surface area contributed by atoms with Crippen molar-refractivity contribution in [3.63, 3.8) is 0 Å². The first-order chi connectivity index (χ1) is 7.50. The maximum absolute atomic E-state index is 13.3. The molecule has 0 fully saturated rings. The number of carbonyl (C=O) groups excluding carboxylic acids is 1. The van der Waals surface area contributed by atoms with Gasteiger partial charge in [0, 0.05) is 25.2 Å². The summed E-state index contributed by atoms with van der Waals surface area (Å²) in [5.41, 5.74) is 0.518. The molecule has 0 unspecified atom stereocenters. The van der Waals surface area contributed by atoms with Crippen LogP contribution >= 0.6 is 0 Å². The molecular formula is C12H17FN2O. The van der Waals surface area contributed by atoms with E-state index in [9.17, 15) is 9.18 Å². The molecule has 0 aromatic heterocycles. The van der Waals surface area contributed by atoms with E-state index in [1.54, 1.807) is 25.2 Å². The van der Waals surface area contributed by atoms with E-state index < -0.39 is 0 Å². The highest BCUT2D eigenvalue weighted by molar-refractivity contribution is 5.74. The second-order valence-electron chi connectivity index (χ2n) is 4.05. The number of benzene rings is 1. The Bertz CT molecular complexity index is 366. The summed E-state index contributed by atoms with van der Waals surface area (Å²) in [5, 5.41) is 2.75. The number of nitrogens with zero attached hydrogens (tertiary/aromatic N) is 1. The highest BCUT2D eigenvalue weighted by atomic mass is 19.1. The first-order valence-corrected chi connectivity index (χ1v) is 5.25. The molecule has 1 rings (SSSR count). The van der Waals surface area contributed by atoms with Crippen LogP contribution in [-0.4, -0.2) is 24.0 Å². The molecule has 0 radical (unpaired) electrons. The molecule has 0 spiro atoms. The molecule has 1 N–H and O–H groups in total. The average molecular weight is 224 g/mol. The first kappa shape index (κ1) is 12.5. The quantitative estimate of drug-likeness (QED) is 0.840. The molecule has 0 saturated carbocycles. The fourth-order valence-corrected chi connectivity index (χ4v) is 1.31. The summed E-state index contributed by atoms with van der Waals surface area (Å²) >= 11 is 0. The standard InChI is InChI=1S/C12H17FN2O/c1-9(2)14-12(16)15(3)8-10-6-4-5-7-11(10)13/h4-7,9H,8H2,1-3H3,(H,14,16). The number of carbonyl (C=O) groups is 1. The zero-order chi connectivity index (χ0) is 12.1. The summed E-state index contributed by atoms with van der Waals surface area (Å²) in [6.45, 7) is 4.04. The number of hydrogen-bond acceptors (Lipinski definition) is 1. The third kappa shape index (κ3) is 3.53. The summed E-state index contributed by atoms with van der Waals surface area (Å²) < 4.78 is 13.3. The zero-order valence-electron chi connectivity index (χ0n) is 9.83. The van der Waals surface area contributed by atoms with Gasteiger partial charge in [-0.3, -0.25) is 0 Å². The molecule has 2 amide bonds. The van der Waals surface area contributed by atoms with Gasteiger partial charge in [-0.2, -0.15) is 0 Å². The molecular weight excluding hydrogens is 207 g/mol. The predicted octanol–water partition coefficient (Wildman–Crippen LogP) is 2.38. The van der Waals surface area contributed by atoms with Gasteiger partial charge in [0.05, 0.1) is 0 Å². The Morgan fingerprint density at radius 1 is 1.44 bits per heavy atom. The van der Waals surface area contributed by atoms with Crippen molar-refractivity contribution in [3.05, 3.63) is 35.6 Å². The molecule has 0 aliphatic carbocycles. The van der Waals surface area contributed by atoms with E-state index in [0.29, 0.717) is 5.56 Å². The van der Waals surface area contributed by atoms with Gasteiger partial charge in [0.2, 0.25) is 0 Å². The van der Waals surface area contributed by atoms with E-state index in [2.05, 4.69) is 5.32 Å². The van der Waals surface area contributed by atoms with Crippen LogP contribution in [0.3, 0.4) is 0 Å². The van der Waals surface area contributed by atoms with Crippen LogP contribution in [0, 0.1) is 5.82 Å². The van der Waals surface area contributed by atoms with Gasteiger partial charge in [-0.25, -0.2) is 9.18 Å². The van der Waals surface area contributed by atoms with E-state index in [-0.39, 0.29) is 24.4 Å². The molecule has 4 heteroatoms. The van der Waals surface area contributed by atoms with Crippen molar-refractivity contribution in [2.24, 2.45) is 0 Å². The second kappa shape index (κ2) is 5.49. The smallest absolute Gasteiger partial charge is 0.317 e. The maximum atomic E-state index is 13.3. The van der Waals surface area contributed by atoms with Crippen molar-refractivity contribution in [2.45, 2.75) is 26.4 Å². The molecule has 0 atom stereocenters. The van der Waals surface area contributed by atoms with Crippen molar-refractivity contribution in [3.8, 4) is 0 Å². The lowest BCUT2D eigenvalue weighted by Crippen LogP contribution is -2.40. The van der Waals surface area contributed by atoms with Gasteiger partial charge in [-0.15, -0.1) is 0 Å². The minimum absolute atomic E-state index is 0.0792. The maximum Gasteiger partial charge on any atom is 0.317 e. The van der Waals surface area contributed by atoms with Crippen LogP contribution < -0.4 is 5.32 Å². The summed E-state index contributed by atoms with van der Waals surface area (Å²) in [5.74, 6) is -0.285. The molecule has 88 valence electrons. The molecule has 0 heterocycles. The third-order valence-corrected chi connectivity index (χ3v) is 2.12. The number of rotatable bonds is 3. The Kier molecular flexibility index (Phi) is 4.28. The fraction of sp³-hybridized carbons (Fsp3) is 0.417. The summed E-state index contributed by atoms with van der Waals surface area (Å²) in [7, 11) is 1.64. The van der Waals surface area contributed by atoms with Gasteiger partial charge >= 0.3 is 6.03 Å². The van der Waals surface area contributed by atoms with Gasteiger partial charge in [-0.05, 0) is 19.9 Å². The van der Waals surface area contributed by atoms with Crippen molar-refractivity contribution in [1.82, 2.24) is 10.2 Å². The van der Waals surface area contributed by atoms with E-state index in [0.717, 1.165) is 0 Å². The lowest BCUT2D eigenvalue weighted by Gasteiger charge is -2.19. The van der Waals surface area contributed by atoms with Crippen LogP contribution in [0.15, 0.2) is 24.3 Å². The van der Waals surface area contributed by atoms with Crippen molar-refractivity contribution >= 4 is 6.03 Å². The number of urea groups is 1. The van der Waals surface area contributed by atoms with Gasteiger partial charge in [0.1, 0.15) is 5.82 Å². The monoisotopic (exact) mass is 224 g/mol. The lowest BCUT2D eigenvalue weighted by molar-refractivity contribution is 0.204. The SMILES string of the molecule is CC(C)NC(=O)N(C)Cc1ccccc1F. The minimum Gasteiger partial charge on any atom is -0.336 e. The topological polar surface area (TPSA) is 32.3 Å². The van der Waals surface area contributed by atoms with Gasteiger partial charge in [0.15, 0.2) is 0 Å². The summed E-state index contributed by atoms with van der Waals surface area (Å²) in [6.07, 6.45) is 0. The van der Waals surface area contributed by atoms with Crippen LogP contribution in [0.2, 0.25) is 0 Å². The molecule has 0 bridgehead atoms. The molecule has 16 heavy (non-hydrogen) atoms. The third-order valence-electron chi connectivity index (χ3n) is 2.12. The number of amides is 2. The largest absolute Gasteiger partial charge is 0.336 e. The van der Waals surface area contributed by atoms with Crippen molar-refractivity contribution in [1.29, 1.82) is 0 Å². The molecule has 0 aliphatic heterocycles. The van der Waals surface area contributed by atoms with Gasteiger partial charge in [-0.1, -0.05) is 18.2 Å². The van der Waals surface area contributed by atoms with E-state index in [1.165, 1.54) is 11.0 Å². The lowest BCUT2D eigenvalue weighted by atomic mass is 10.2. The predicted molar refractivity (Wildman–Crippen MR) is 61.5 cm³/mol. The highest BCUT2D eigenvalue weighted by Crippen LogP contribution is 2.08. The second-order valence-corrected chi connectivity index (χ2v) is 4.05. The molecule has 0 saturated heterocycles.